The lowest BCUT2D eigenvalue weighted by molar-refractivity contribution is 0.0815. The van der Waals surface area contributed by atoms with Gasteiger partial charge in [0.2, 0.25) is 0 Å². The Balaban J connectivity index is 3.42. The van der Waals surface area contributed by atoms with Gasteiger partial charge in [0.25, 0.3) is 0 Å². The van der Waals surface area contributed by atoms with Crippen molar-refractivity contribution in [1.82, 2.24) is 0 Å². The van der Waals surface area contributed by atoms with Crippen molar-refractivity contribution in [2.24, 2.45) is 5.92 Å². The molecule has 0 radical (unpaired) electrons. The Morgan fingerprint density at radius 3 is 2.50 bits per heavy atom. The number of rotatable bonds is 6. The van der Waals surface area contributed by atoms with E-state index >= 15 is 0 Å². The zero-order valence-corrected chi connectivity index (χ0v) is 9.02. The molecule has 0 saturated carbocycles. The fourth-order valence-corrected chi connectivity index (χ4v) is 1.90. The third-order valence-electron chi connectivity index (χ3n) is 1.89. The molecular weight excluding hydrogens is 172 g/mol. The fraction of sp³-hybridized carbons (Fsp3) is 1.00. The number of aliphatic hydroxyl groups excluding tert-OH is 1. The van der Waals surface area contributed by atoms with Crippen molar-refractivity contribution in [2.45, 2.75) is 32.8 Å². The number of aliphatic hydroxyl groups is 2. The molecule has 0 heterocycles. The summed E-state index contributed by atoms with van der Waals surface area (Å²) in [4.78, 5) is 0. The van der Waals surface area contributed by atoms with Crippen LogP contribution in [0.1, 0.15) is 27.2 Å². The van der Waals surface area contributed by atoms with Crippen molar-refractivity contribution in [2.75, 3.05) is 18.1 Å². The first kappa shape index (κ1) is 12.3. The van der Waals surface area contributed by atoms with Gasteiger partial charge >= 0.3 is 0 Å². The number of hydrogen-bond acceptors (Lipinski definition) is 3. The van der Waals surface area contributed by atoms with E-state index < -0.39 is 5.60 Å². The van der Waals surface area contributed by atoms with Crippen LogP contribution in [0.3, 0.4) is 0 Å². The summed E-state index contributed by atoms with van der Waals surface area (Å²) in [6.45, 7) is 6.08. The molecule has 0 rings (SSSR count). The Labute approximate surface area is 79.4 Å². The Morgan fingerprint density at radius 2 is 2.08 bits per heavy atom. The van der Waals surface area contributed by atoms with E-state index in [4.69, 9.17) is 5.11 Å². The third-order valence-corrected chi connectivity index (χ3v) is 3.52. The van der Waals surface area contributed by atoms with Crippen LogP contribution in [0.4, 0.5) is 0 Å². The van der Waals surface area contributed by atoms with Crippen LogP contribution in [0.2, 0.25) is 0 Å². The van der Waals surface area contributed by atoms with E-state index in [-0.39, 0.29) is 6.61 Å². The molecule has 74 valence electrons. The highest BCUT2D eigenvalue weighted by Crippen LogP contribution is 2.18. The lowest BCUT2D eigenvalue weighted by Crippen LogP contribution is -2.26. The Hall–Kier alpha value is 0.270. The molecular formula is C9H20O2S. The standard InChI is InChI=1S/C9H20O2S/c1-4-9(3,11)7-12-6-8(2)5-10/h8,10-11H,4-7H2,1-3H3. The summed E-state index contributed by atoms with van der Waals surface area (Å²) in [6, 6.07) is 0. The van der Waals surface area contributed by atoms with Gasteiger partial charge in [0, 0.05) is 12.4 Å². The lowest BCUT2D eigenvalue weighted by atomic mass is 10.1. The molecule has 0 aliphatic heterocycles. The quantitative estimate of drug-likeness (QED) is 0.670. The smallest absolute Gasteiger partial charge is 0.0707 e. The van der Waals surface area contributed by atoms with Crippen LogP contribution in [0.15, 0.2) is 0 Å². The molecule has 2 unspecified atom stereocenters. The largest absolute Gasteiger partial charge is 0.396 e. The van der Waals surface area contributed by atoms with Gasteiger partial charge in [-0.25, -0.2) is 0 Å². The van der Waals surface area contributed by atoms with Crippen molar-refractivity contribution in [3.05, 3.63) is 0 Å². The first-order valence-corrected chi connectivity index (χ1v) is 5.58. The van der Waals surface area contributed by atoms with Crippen molar-refractivity contribution in [3.8, 4) is 0 Å². The highest BCUT2D eigenvalue weighted by molar-refractivity contribution is 7.99. The van der Waals surface area contributed by atoms with Gasteiger partial charge in [-0.3, -0.25) is 0 Å². The predicted molar refractivity (Wildman–Crippen MR) is 54.5 cm³/mol. The zero-order valence-electron chi connectivity index (χ0n) is 8.21. The Bertz CT molecular complexity index is 115. The van der Waals surface area contributed by atoms with Crippen LogP contribution in [-0.4, -0.2) is 33.9 Å². The summed E-state index contributed by atoms with van der Waals surface area (Å²) in [6.07, 6.45) is 0.785. The molecule has 0 aliphatic rings. The molecule has 0 saturated heterocycles. The minimum absolute atomic E-state index is 0.237. The number of thioether (sulfide) groups is 1. The molecule has 2 nitrogen and oxygen atoms in total. The van der Waals surface area contributed by atoms with E-state index in [0.717, 1.165) is 17.9 Å². The first-order chi connectivity index (χ1) is 5.52. The molecule has 0 aromatic rings. The molecule has 2 atom stereocenters. The average molecular weight is 192 g/mol. The maximum absolute atomic E-state index is 9.63. The molecule has 0 fully saturated rings. The van der Waals surface area contributed by atoms with Gasteiger partial charge in [0.1, 0.15) is 0 Å². The average Bonchev–Trinajstić information content (AvgIpc) is 2.04. The van der Waals surface area contributed by atoms with Crippen molar-refractivity contribution >= 4 is 11.8 Å². The van der Waals surface area contributed by atoms with Gasteiger partial charge in [0.05, 0.1) is 5.60 Å². The minimum atomic E-state index is -0.542. The first-order valence-electron chi connectivity index (χ1n) is 4.43. The van der Waals surface area contributed by atoms with Crippen molar-refractivity contribution < 1.29 is 10.2 Å². The minimum Gasteiger partial charge on any atom is -0.396 e. The molecule has 0 spiro atoms. The molecule has 0 aliphatic carbocycles. The van der Waals surface area contributed by atoms with Crippen molar-refractivity contribution in [3.63, 3.8) is 0 Å². The molecule has 0 aromatic carbocycles. The normalized spacial score (nSPS) is 18.8. The maximum atomic E-state index is 9.63. The zero-order chi connectivity index (χ0) is 9.61. The van der Waals surface area contributed by atoms with Gasteiger partial charge in [-0.1, -0.05) is 13.8 Å². The molecule has 12 heavy (non-hydrogen) atoms. The molecule has 0 amide bonds. The summed E-state index contributed by atoms with van der Waals surface area (Å²) >= 11 is 1.71. The van der Waals surface area contributed by atoms with Gasteiger partial charge in [0.15, 0.2) is 0 Å². The predicted octanol–water partition coefficient (Wildman–Crippen LogP) is 1.51. The van der Waals surface area contributed by atoms with E-state index in [1.165, 1.54) is 0 Å². The van der Waals surface area contributed by atoms with E-state index in [9.17, 15) is 5.11 Å². The van der Waals surface area contributed by atoms with Gasteiger partial charge < -0.3 is 10.2 Å². The number of hydrogen-bond donors (Lipinski definition) is 2. The highest BCUT2D eigenvalue weighted by Gasteiger charge is 2.17. The summed E-state index contributed by atoms with van der Waals surface area (Å²) in [5.41, 5.74) is -0.542. The van der Waals surface area contributed by atoms with E-state index in [2.05, 4.69) is 0 Å². The van der Waals surface area contributed by atoms with Gasteiger partial charge in [-0.15, -0.1) is 0 Å². The fourth-order valence-electron chi connectivity index (χ4n) is 0.635. The second-order valence-corrected chi connectivity index (χ2v) is 4.68. The SMILES string of the molecule is CCC(C)(O)CSCC(C)CO. The molecule has 2 N–H and O–H groups in total. The second kappa shape index (κ2) is 5.84. The van der Waals surface area contributed by atoms with Crippen LogP contribution in [0.5, 0.6) is 0 Å². The third kappa shape index (κ3) is 5.86. The van der Waals surface area contributed by atoms with Crippen LogP contribution in [0, 0.1) is 5.92 Å². The summed E-state index contributed by atoms with van der Waals surface area (Å²) in [5.74, 6) is 2.02. The van der Waals surface area contributed by atoms with Crippen molar-refractivity contribution in [1.29, 1.82) is 0 Å². The van der Waals surface area contributed by atoms with Gasteiger partial charge in [-0.05, 0) is 25.0 Å². The van der Waals surface area contributed by atoms with E-state index in [1.807, 2.05) is 20.8 Å². The summed E-state index contributed by atoms with van der Waals surface area (Å²) in [7, 11) is 0. The molecule has 0 bridgehead atoms. The summed E-state index contributed by atoms with van der Waals surface area (Å²) in [5, 5.41) is 18.4. The van der Waals surface area contributed by atoms with Crippen LogP contribution in [0.25, 0.3) is 0 Å². The van der Waals surface area contributed by atoms with E-state index in [1.54, 1.807) is 11.8 Å². The summed E-state index contributed by atoms with van der Waals surface area (Å²) < 4.78 is 0. The van der Waals surface area contributed by atoms with Gasteiger partial charge in [-0.2, -0.15) is 11.8 Å². The Morgan fingerprint density at radius 1 is 1.50 bits per heavy atom. The topological polar surface area (TPSA) is 40.5 Å². The second-order valence-electron chi connectivity index (χ2n) is 3.65. The maximum Gasteiger partial charge on any atom is 0.0707 e. The van der Waals surface area contributed by atoms with E-state index in [0.29, 0.717) is 5.92 Å². The molecule has 3 heteroatoms. The van der Waals surface area contributed by atoms with Crippen LogP contribution >= 0.6 is 11.8 Å². The Kier molecular flexibility index (Phi) is 5.97. The molecule has 0 aromatic heterocycles. The highest BCUT2D eigenvalue weighted by atomic mass is 32.2. The monoisotopic (exact) mass is 192 g/mol. The van der Waals surface area contributed by atoms with Crippen LogP contribution in [-0.2, 0) is 0 Å². The van der Waals surface area contributed by atoms with Crippen LogP contribution < -0.4 is 0 Å². The lowest BCUT2D eigenvalue weighted by Gasteiger charge is -2.21.